The topological polar surface area (TPSA) is 63.9 Å². The van der Waals surface area contributed by atoms with E-state index in [0.29, 0.717) is 0 Å². The van der Waals surface area contributed by atoms with E-state index in [2.05, 4.69) is 34.2 Å². The molecule has 1 saturated heterocycles. The van der Waals surface area contributed by atoms with Crippen LogP contribution in [0, 0.1) is 6.92 Å². The normalized spacial score (nSPS) is 15.0. The lowest BCUT2D eigenvalue weighted by Gasteiger charge is -2.20. The fourth-order valence-electron chi connectivity index (χ4n) is 3.47. The largest absolute Gasteiger partial charge is 0.342 e. The molecule has 144 valence electrons. The summed E-state index contributed by atoms with van der Waals surface area (Å²) in [7, 11) is 0. The summed E-state index contributed by atoms with van der Waals surface area (Å²) in [6.45, 7) is 5.74. The predicted octanol–water partition coefficient (Wildman–Crippen LogP) is 3.74. The quantitative estimate of drug-likeness (QED) is 0.618. The molecule has 0 spiro atoms. The molecule has 3 aromatic rings. The average molecular weight is 394 g/mol. The minimum atomic E-state index is -0.213. The average Bonchev–Trinajstić information content (AvgIpc) is 3.39. The van der Waals surface area contributed by atoms with Crippen LogP contribution in [0.1, 0.15) is 25.3 Å². The third-order valence-corrected chi connectivity index (χ3v) is 6.01. The number of carbonyl (C=O) groups is 1. The van der Waals surface area contributed by atoms with Crippen LogP contribution in [0.3, 0.4) is 0 Å². The number of rotatable bonds is 5. The molecular formula is C21H23N5OS. The summed E-state index contributed by atoms with van der Waals surface area (Å²) in [4.78, 5) is 18.8. The van der Waals surface area contributed by atoms with E-state index < -0.39 is 0 Å². The van der Waals surface area contributed by atoms with Gasteiger partial charge in [-0.1, -0.05) is 30.0 Å². The molecule has 28 heavy (non-hydrogen) atoms. The minimum absolute atomic E-state index is 0.173. The van der Waals surface area contributed by atoms with Crippen LogP contribution in [-0.4, -0.2) is 48.9 Å². The van der Waals surface area contributed by atoms with Gasteiger partial charge in [-0.05, 0) is 50.5 Å². The number of carbonyl (C=O) groups excluding carboxylic acids is 1. The maximum Gasteiger partial charge on any atom is 0.235 e. The standard InChI is InChI=1S/C21H23N5OS/c1-15-7-3-4-8-18(15)26-19(17-9-11-22-12-10-17)23-24-21(26)28-16(2)20(27)25-13-5-6-14-25/h3-4,7-12,16H,5-6,13-14H2,1-2H3. The van der Waals surface area contributed by atoms with Crippen LogP contribution in [0.5, 0.6) is 0 Å². The monoisotopic (exact) mass is 393 g/mol. The first-order valence-corrected chi connectivity index (χ1v) is 10.4. The Bertz CT molecular complexity index is 966. The zero-order valence-corrected chi connectivity index (χ0v) is 16.9. The number of hydrogen-bond donors (Lipinski definition) is 0. The first kappa shape index (κ1) is 18.7. The van der Waals surface area contributed by atoms with Crippen LogP contribution in [0.15, 0.2) is 53.9 Å². The molecule has 6 nitrogen and oxygen atoms in total. The Kier molecular flexibility index (Phi) is 5.43. The fourth-order valence-corrected chi connectivity index (χ4v) is 4.41. The first-order chi connectivity index (χ1) is 13.6. The van der Waals surface area contributed by atoms with Crippen LogP contribution in [0.4, 0.5) is 0 Å². The van der Waals surface area contributed by atoms with Gasteiger partial charge in [0, 0.05) is 31.0 Å². The molecule has 0 radical (unpaired) electrons. The van der Waals surface area contributed by atoms with Gasteiger partial charge in [-0.3, -0.25) is 14.3 Å². The van der Waals surface area contributed by atoms with Crippen LogP contribution < -0.4 is 0 Å². The Morgan fingerprint density at radius 1 is 1.07 bits per heavy atom. The summed E-state index contributed by atoms with van der Waals surface area (Å²) >= 11 is 1.47. The number of aryl methyl sites for hydroxylation is 1. The summed E-state index contributed by atoms with van der Waals surface area (Å²) in [5, 5.41) is 9.41. The molecule has 2 aromatic heterocycles. The van der Waals surface area contributed by atoms with Crippen molar-refractivity contribution in [3.05, 3.63) is 54.4 Å². The number of thioether (sulfide) groups is 1. The van der Waals surface area contributed by atoms with Gasteiger partial charge in [0.05, 0.1) is 10.9 Å². The van der Waals surface area contributed by atoms with Crippen molar-refractivity contribution in [1.82, 2.24) is 24.6 Å². The van der Waals surface area contributed by atoms with E-state index in [1.807, 2.05) is 40.7 Å². The van der Waals surface area contributed by atoms with Crippen molar-refractivity contribution in [2.75, 3.05) is 13.1 Å². The number of amides is 1. The molecule has 1 aliphatic rings. The Labute approximate surface area is 169 Å². The van der Waals surface area contributed by atoms with Gasteiger partial charge in [0.25, 0.3) is 0 Å². The maximum atomic E-state index is 12.8. The molecule has 7 heteroatoms. The highest BCUT2D eigenvalue weighted by Gasteiger charge is 2.27. The number of hydrogen-bond acceptors (Lipinski definition) is 5. The molecule has 1 amide bonds. The molecule has 1 aromatic carbocycles. The number of likely N-dealkylation sites (tertiary alicyclic amines) is 1. The van der Waals surface area contributed by atoms with Gasteiger partial charge < -0.3 is 4.90 Å². The molecule has 1 aliphatic heterocycles. The molecule has 0 N–H and O–H groups in total. The summed E-state index contributed by atoms with van der Waals surface area (Å²) < 4.78 is 2.04. The second-order valence-electron chi connectivity index (χ2n) is 6.96. The van der Waals surface area contributed by atoms with E-state index in [-0.39, 0.29) is 11.2 Å². The number of nitrogens with zero attached hydrogens (tertiary/aromatic N) is 5. The summed E-state index contributed by atoms with van der Waals surface area (Å²) in [5.74, 6) is 0.923. The third kappa shape index (κ3) is 3.67. The second-order valence-corrected chi connectivity index (χ2v) is 8.26. The highest BCUT2D eigenvalue weighted by molar-refractivity contribution is 8.00. The lowest BCUT2D eigenvalue weighted by atomic mass is 10.2. The molecule has 0 bridgehead atoms. The highest BCUT2D eigenvalue weighted by Crippen LogP contribution is 2.32. The molecule has 0 saturated carbocycles. The lowest BCUT2D eigenvalue weighted by Crippen LogP contribution is -2.34. The van der Waals surface area contributed by atoms with Gasteiger partial charge in [-0.2, -0.15) is 0 Å². The summed E-state index contributed by atoms with van der Waals surface area (Å²) in [6.07, 6.45) is 5.68. The van der Waals surface area contributed by atoms with E-state index in [1.54, 1.807) is 12.4 Å². The van der Waals surface area contributed by atoms with E-state index in [9.17, 15) is 4.79 Å². The van der Waals surface area contributed by atoms with Gasteiger partial charge in [-0.15, -0.1) is 10.2 Å². The predicted molar refractivity (Wildman–Crippen MR) is 110 cm³/mol. The van der Waals surface area contributed by atoms with Gasteiger partial charge in [0.15, 0.2) is 11.0 Å². The zero-order valence-electron chi connectivity index (χ0n) is 16.1. The van der Waals surface area contributed by atoms with Gasteiger partial charge in [-0.25, -0.2) is 0 Å². The molecular weight excluding hydrogens is 370 g/mol. The van der Waals surface area contributed by atoms with E-state index >= 15 is 0 Å². The SMILES string of the molecule is Cc1ccccc1-n1c(SC(C)C(=O)N2CCCC2)nnc1-c1ccncc1. The summed E-state index contributed by atoms with van der Waals surface area (Å²) in [5.41, 5.74) is 3.08. The lowest BCUT2D eigenvalue weighted by molar-refractivity contribution is -0.129. The molecule has 3 heterocycles. The van der Waals surface area contributed by atoms with Gasteiger partial charge in [0.2, 0.25) is 5.91 Å². The van der Waals surface area contributed by atoms with Crippen LogP contribution >= 0.6 is 11.8 Å². The maximum absolute atomic E-state index is 12.8. The van der Waals surface area contributed by atoms with E-state index in [0.717, 1.165) is 53.7 Å². The fraction of sp³-hybridized carbons (Fsp3) is 0.333. The minimum Gasteiger partial charge on any atom is -0.342 e. The summed E-state index contributed by atoms with van der Waals surface area (Å²) in [6, 6.07) is 12.0. The highest BCUT2D eigenvalue weighted by atomic mass is 32.2. The van der Waals surface area contributed by atoms with E-state index in [1.165, 1.54) is 11.8 Å². The number of para-hydroxylation sites is 1. The Morgan fingerprint density at radius 2 is 1.79 bits per heavy atom. The Hall–Kier alpha value is -2.67. The van der Waals surface area contributed by atoms with Crippen molar-refractivity contribution in [2.45, 2.75) is 37.1 Å². The Balaban J connectivity index is 1.72. The van der Waals surface area contributed by atoms with Crippen molar-refractivity contribution in [1.29, 1.82) is 0 Å². The van der Waals surface area contributed by atoms with Crippen LogP contribution in [0.2, 0.25) is 0 Å². The molecule has 1 fully saturated rings. The van der Waals surface area contributed by atoms with Gasteiger partial charge >= 0.3 is 0 Å². The van der Waals surface area contributed by atoms with Crippen LogP contribution in [-0.2, 0) is 4.79 Å². The molecule has 1 atom stereocenters. The number of pyridine rings is 1. The molecule has 0 aliphatic carbocycles. The third-order valence-electron chi connectivity index (χ3n) is 4.98. The van der Waals surface area contributed by atoms with Crippen molar-refractivity contribution < 1.29 is 4.79 Å². The van der Waals surface area contributed by atoms with Gasteiger partial charge in [0.1, 0.15) is 0 Å². The van der Waals surface area contributed by atoms with Crippen molar-refractivity contribution in [2.24, 2.45) is 0 Å². The van der Waals surface area contributed by atoms with Crippen molar-refractivity contribution >= 4 is 17.7 Å². The molecule has 1 unspecified atom stereocenters. The molecule has 4 rings (SSSR count). The van der Waals surface area contributed by atoms with E-state index in [4.69, 9.17) is 0 Å². The zero-order chi connectivity index (χ0) is 19.5. The first-order valence-electron chi connectivity index (χ1n) is 9.52. The number of aromatic nitrogens is 4. The van der Waals surface area contributed by atoms with Crippen LogP contribution in [0.25, 0.3) is 17.1 Å². The Morgan fingerprint density at radius 3 is 2.50 bits per heavy atom. The van der Waals surface area contributed by atoms with Crippen molar-refractivity contribution in [3.63, 3.8) is 0 Å². The smallest absolute Gasteiger partial charge is 0.235 e. The van der Waals surface area contributed by atoms with Crippen molar-refractivity contribution in [3.8, 4) is 17.1 Å². The number of benzene rings is 1. The second kappa shape index (κ2) is 8.14.